The Morgan fingerprint density at radius 2 is 2.17 bits per heavy atom. The van der Waals surface area contributed by atoms with Crippen molar-refractivity contribution in [1.29, 1.82) is 0 Å². The molecular formula is C16H19N5O2. The molecule has 0 aromatic carbocycles. The highest BCUT2D eigenvalue weighted by Crippen LogP contribution is 2.25. The number of rotatable bonds is 1. The molecule has 7 nitrogen and oxygen atoms in total. The monoisotopic (exact) mass is 313 g/mol. The van der Waals surface area contributed by atoms with Crippen LogP contribution in [0, 0.1) is 5.92 Å². The van der Waals surface area contributed by atoms with Crippen molar-refractivity contribution >= 4 is 34.1 Å². The SMILES string of the molecule is CC1CCCN(C(=O)C(=O)Nc2cnc(N)c3cnccc23)C1. The lowest BCUT2D eigenvalue weighted by Gasteiger charge is -2.30. The van der Waals surface area contributed by atoms with Gasteiger partial charge < -0.3 is 16.0 Å². The molecule has 1 unspecified atom stereocenters. The van der Waals surface area contributed by atoms with E-state index in [1.165, 1.54) is 6.20 Å². The van der Waals surface area contributed by atoms with E-state index in [2.05, 4.69) is 22.2 Å². The van der Waals surface area contributed by atoms with E-state index >= 15 is 0 Å². The molecule has 2 amide bonds. The van der Waals surface area contributed by atoms with E-state index < -0.39 is 11.8 Å². The average Bonchev–Trinajstić information content (AvgIpc) is 2.57. The number of carbonyl (C=O) groups excluding carboxylic acids is 2. The molecule has 0 saturated carbocycles. The molecule has 0 spiro atoms. The molecule has 23 heavy (non-hydrogen) atoms. The summed E-state index contributed by atoms with van der Waals surface area (Å²) in [7, 11) is 0. The molecular weight excluding hydrogens is 294 g/mol. The van der Waals surface area contributed by atoms with Crippen LogP contribution in [0.2, 0.25) is 0 Å². The molecule has 3 heterocycles. The molecule has 1 aliphatic heterocycles. The van der Waals surface area contributed by atoms with E-state index in [0.29, 0.717) is 41.3 Å². The lowest BCUT2D eigenvalue weighted by atomic mass is 10.0. The minimum atomic E-state index is -0.649. The summed E-state index contributed by atoms with van der Waals surface area (Å²) >= 11 is 0. The van der Waals surface area contributed by atoms with Crippen molar-refractivity contribution in [2.45, 2.75) is 19.8 Å². The molecule has 0 aliphatic carbocycles. The smallest absolute Gasteiger partial charge is 0.313 e. The summed E-state index contributed by atoms with van der Waals surface area (Å²) in [6.45, 7) is 3.33. The van der Waals surface area contributed by atoms with E-state index in [1.54, 1.807) is 23.4 Å². The van der Waals surface area contributed by atoms with Crippen LogP contribution in [0.5, 0.6) is 0 Å². The number of aromatic nitrogens is 2. The van der Waals surface area contributed by atoms with Crippen molar-refractivity contribution in [2.75, 3.05) is 24.1 Å². The Bertz CT molecular complexity index is 761. The fourth-order valence-electron chi connectivity index (χ4n) is 2.90. The summed E-state index contributed by atoms with van der Waals surface area (Å²) in [5.41, 5.74) is 6.27. The first-order valence-corrected chi connectivity index (χ1v) is 7.64. The third-order valence-electron chi connectivity index (χ3n) is 4.11. The summed E-state index contributed by atoms with van der Waals surface area (Å²) < 4.78 is 0. The number of fused-ring (bicyclic) bond motifs is 1. The van der Waals surface area contributed by atoms with Gasteiger partial charge in [0.2, 0.25) is 0 Å². The molecule has 0 radical (unpaired) electrons. The second-order valence-corrected chi connectivity index (χ2v) is 5.93. The molecule has 1 fully saturated rings. The zero-order chi connectivity index (χ0) is 16.4. The van der Waals surface area contributed by atoms with E-state index in [9.17, 15) is 9.59 Å². The minimum Gasteiger partial charge on any atom is -0.383 e. The standard InChI is InChI=1S/C16H19N5O2/c1-10-3-2-6-21(9-10)16(23)15(22)20-13-8-19-14(17)12-7-18-5-4-11(12)13/h4-5,7-8,10H,2-3,6,9H2,1H3,(H2,17,19)(H,20,22). The number of nitrogens with two attached hydrogens (primary N) is 1. The van der Waals surface area contributed by atoms with Gasteiger partial charge in [0.1, 0.15) is 5.82 Å². The number of hydrogen-bond donors (Lipinski definition) is 2. The largest absolute Gasteiger partial charge is 0.383 e. The number of nitrogen functional groups attached to an aromatic ring is 1. The maximum Gasteiger partial charge on any atom is 0.313 e. The maximum atomic E-state index is 12.3. The number of piperidine rings is 1. The highest BCUT2D eigenvalue weighted by atomic mass is 16.2. The normalized spacial score (nSPS) is 18.0. The van der Waals surface area contributed by atoms with E-state index in [1.807, 2.05) is 0 Å². The van der Waals surface area contributed by atoms with Crippen LogP contribution in [0.4, 0.5) is 11.5 Å². The highest BCUT2D eigenvalue weighted by molar-refractivity contribution is 6.40. The molecule has 2 aromatic heterocycles. The third kappa shape index (κ3) is 3.08. The highest BCUT2D eigenvalue weighted by Gasteiger charge is 2.26. The number of hydrogen-bond acceptors (Lipinski definition) is 5. The average molecular weight is 313 g/mol. The molecule has 120 valence electrons. The Hall–Kier alpha value is -2.70. The number of likely N-dealkylation sites (tertiary alicyclic amines) is 1. The van der Waals surface area contributed by atoms with Gasteiger partial charge in [-0.25, -0.2) is 4.98 Å². The minimum absolute atomic E-state index is 0.335. The Morgan fingerprint density at radius 3 is 2.96 bits per heavy atom. The molecule has 1 atom stereocenters. The van der Waals surface area contributed by atoms with Crippen molar-refractivity contribution < 1.29 is 9.59 Å². The maximum absolute atomic E-state index is 12.3. The molecule has 3 N–H and O–H groups in total. The van der Waals surface area contributed by atoms with Crippen molar-refractivity contribution in [3.63, 3.8) is 0 Å². The second kappa shape index (κ2) is 6.20. The van der Waals surface area contributed by atoms with Crippen LogP contribution < -0.4 is 11.1 Å². The van der Waals surface area contributed by atoms with Gasteiger partial charge in [0.25, 0.3) is 0 Å². The Morgan fingerprint density at radius 1 is 1.35 bits per heavy atom. The lowest BCUT2D eigenvalue weighted by molar-refractivity contribution is -0.144. The predicted molar refractivity (Wildman–Crippen MR) is 87.6 cm³/mol. The molecule has 2 aromatic rings. The first-order valence-electron chi connectivity index (χ1n) is 7.64. The second-order valence-electron chi connectivity index (χ2n) is 5.93. The van der Waals surface area contributed by atoms with Gasteiger partial charge in [-0.15, -0.1) is 0 Å². The van der Waals surface area contributed by atoms with Crippen LogP contribution in [-0.4, -0.2) is 39.8 Å². The van der Waals surface area contributed by atoms with Crippen LogP contribution in [-0.2, 0) is 9.59 Å². The van der Waals surface area contributed by atoms with Crippen molar-refractivity contribution in [3.8, 4) is 0 Å². The van der Waals surface area contributed by atoms with Crippen LogP contribution in [0.25, 0.3) is 10.8 Å². The number of anilines is 2. The summed E-state index contributed by atoms with van der Waals surface area (Å²) in [4.78, 5) is 34.2. The number of pyridine rings is 2. The topological polar surface area (TPSA) is 101 Å². The number of nitrogens with one attached hydrogen (secondary N) is 1. The fourth-order valence-corrected chi connectivity index (χ4v) is 2.90. The third-order valence-corrected chi connectivity index (χ3v) is 4.11. The van der Waals surface area contributed by atoms with Gasteiger partial charge in [0.15, 0.2) is 0 Å². The van der Waals surface area contributed by atoms with E-state index in [0.717, 1.165) is 12.8 Å². The van der Waals surface area contributed by atoms with E-state index in [4.69, 9.17) is 5.73 Å². The van der Waals surface area contributed by atoms with Gasteiger partial charge in [-0.1, -0.05) is 6.92 Å². The lowest BCUT2D eigenvalue weighted by Crippen LogP contribution is -2.44. The van der Waals surface area contributed by atoms with Gasteiger partial charge in [-0.3, -0.25) is 14.6 Å². The van der Waals surface area contributed by atoms with E-state index in [-0.39, 0.29) is 0 Å². The zero-order valence-corrected chi connectivity index (χ0v) is 13.0. The quantitative estimate of drug-likeness (QED) is 0.775. The molecule has 1 saturated heterocycles. The van der Waals surface area contributed by atoms with Gasteiger partial charge in [-0.2, -0.15) is 0 Å². The fraction of sp³-hybridized carbons (Fsp3) is 0.375. The predicted octanol–water partition coefficient (Wildman–Crippen LogP) is 1.41. The van der Waals surface area contributed by atoms with Crippen LogP contribution >= 0.6 is 0 Å². The van der Waals surface area contributed by atoms with Crippen LogP contribution in [0.1, 0.15) is 19.8 Å². The number of nitrogens with zero attached hydrogens (tertiary/aromatic N) is 3. The molecule has 7 heteroatoms. The van der Waals surface area contributed by atoms with Crippen molar-refractivity contribution in [1.82, 2.24) is 14.9 Å². The first kappa shape index (κ1) is 15.2. The van der Waals surface area contributed by atoms with Crippen LogP contribution in [0.15, 0.2) is 24.7 Å². The van der Waals surface area contributed by atoms with Gasteiger partial charge in [-0.05, 0) is 24.8 Å². The summed E-state index contributed by atoms with van der Waals surface area (Å²) in [6.07, 6.45) is 6.66. The number of amides is 2. The molecule has 0 bridgehead atoms. The summed E-state index contributed by atoms with van der Waals surface area (Å²) in [6, 6.07) is 1.73. The van der Waals surface area contributed by atoms with Crippen molar-refractivity contribution in [2.24, 2.45) is 5.92 Å². The summed E-state index contributed by atoms with van der Waals surface area (Å²) in [5.74, 6) is -0.396. The molecule has 1 aliphatic rings. The Balaban J connectivity index is 1.80. The van der Waals surface area contributed by atoms with Gasteiger partial charge in [0.05, 0.1) is 11.9 Å². The summed E-state index contributed by atoms with van der Waals surface area (Å²) in [5, 5.41) is 4.00. The van der Waals surface area contributed by atoms with Gasteiger partial charge in [0, 0.05) is 36.3 Å². The van der Waals surface area contributed by atoms with Crippen molar-refractivity contribution in [3.05, 3.63) is 24.7 Å². The zero-order valence-electron chi connectivity index (χ0n) is 13.0. The Labute approximate surface area is 133 Å². The Kier molecular flexibility index (Phi) is 4.10. The van der Waals surface area contributed by atoms with Crippen LogP contribution in [0.3, 0.4) is 0 Å². The van der Waals surface area contributed by atoms with Gasteiger partial charge >= 0.3 is 11.8 Å². The first-order chi connectivity index (χ1) is 11.1. The molecule has 3 rings (SSSR count). The number of carbonyl (C=O) groups is 2.